The second kappa shape index (κ2) is 6.17. The molecule has 1 aliphatic rings. The molecule has 1 unspecified atom stereocenters. The van der Waals surface area contributed by atoms with Crippen molar-refractivity contribution in [3.8, 4) is 11.7 Å². The van der Waals surface area contributed by atoms with Gasteiger partial charge in [0.25, 0.3) is 5.89 Å². The summed E-state index contributed by atoms with van der Waals surface area (Å²) in [5.41, 5.74) is 0. The van der Waals surface area contributed by atoms with E-state index in [1.807, 2.05) is 7.05 Å². The third-order valence-corrected chi connectivity index (χ3v) is 3.13. The molecule has 2 aromatic rings. The first-order valence-electron chi connectivity index (χ1n) is 6.68. The second-order valence-corrected chi connectivity index (χ2v) is 4.89. The molecule has 7 heteroatoms. The molecule has 2 aromatic heterocycles. The zero-order valence-corrected chi connectivity index (χ0v) is 11.4. The molecule has 7 nitrogen and oxygen atoms in total. The summed E-state index contributed by atoms with van der Waals surface area (Å²) >= 11 is 0. The van der Waals surface area contributed by atoms with Gasteiger partial charge in [0, 0.05) is 19.6 Å². The van der Waals surface area contributed by atoms with Crippen LogP contribution in [0.1, 0.15) is 5.82 Å². The molecule has 1 aliphatic heterocycles. The van der Waals surface area contributed by atoms with Crippen molar-refractivity contribution < 1.29 is 13.7 Å². The van der Waals surface area contributed by atoms with E-state index in [-0.39, 0.29) is 6.10 Å². The quantitative estimate of drug-likeness (QED) is 0.864. The number of hydrogen-bond acceptors (Lipinski definition) is 7. The number of rotatable bonds is 5. The van der Waals surface area contributed by atoms with Gasteiger partial charge in [-0.05, 0) is 19.2 Å². The van der Waals surface area contributed by atoms with Crippen molar-refractivity contribution >= 4 is 0 Å². The molecule has 108 valence electrons. The van der Waals surface area contributed by atoms with Crippen molar-refractivity contribution in [3.05, 3.63) is 24.2 Å². The summed E-state index contributed by atoms with van der Waals surface area (Å²) in [6.45, 7) is 4.02. The molecule has 1 saturated heterocycles. The topological polar surface area (TPSA) is 76.6 Å². The van der Waals surface area contributed by atoms with Gasteiger partial charge >= 0.3 is 0 Å². The van der Waals surface area contributed by atoms with Crippen molar-refractivity contribution in [3.63, 3.8) is 0 Å². The van der Waals surface area contributed by atoms with Gasteiger partial charge in [0.2, 0.25) is 0 Å². The molecule has 0 aromatic carbocycles. The van der Waals surface area contributed by atoms with Crippen LogP contribution in [-0.4, -0.2) is 54.4 Å². The van der Waals surface area contributed by atoms with Crippen LogP contribution in [-0.2, 0) is 11.3 Å². The highest BCUT2D eigenvalue weighted by Gasteiger charge is 2.17. The number of nitrogens with one attached hydrogen (secondary N) is 1. The summed E-state index contributed by atoms with van der Waals surface area (Å²) in [5, 5.41) is 7.27. The number of morpholine rings is 1. The van der Waals surface area contributed by atoms with E-state index in [2.05, 4.69) is 20.4 Å². The monoisotopic (exact) mass is 278 g/mol. The molecule has 0 aliphatic carbocycles. The zero-order valence-electron chi connectivity index (χ0n) is 11.4. The average Bonchev–Trinajstić information content (AvgIpc) is 3.10. The number of hydrogen-bond donors (Lipinski definition) is 1. The third-order valence-electron chi connectivity index (χ3n) is 3.13. The number of furan rings is 1. The van der Waals surface area contributed by atoms with E-state index in [1.54, 1.807) is 18.4 Å². The van der Waals surface area contributed by atoms with Gasteiger partial charge in [-0.3, -0.25) is 4.90 Å². The molecule has 1 atom stereocenters. The van der Waals surface area contributed by atoms with E-state index in [0.29, 0.717) is 24.0 Å². The number of ether oxygens (including phenoxy) is 1. The van der Waals surface area contributed by atoms with Crippen LogP contribution in [0.2, 0.25) is 0 Å². The highest BCUT2D eigenvalue weighted by molar-refractivity contribution is 5.42. The first-order valence-corrected chi connectivity index (χ1v) is 6.68. The van der Waals surface area contributed by atoms with Gasteiger partial charge in [-0.2, -0.15) is 4.98 Å². The van der Waals surface area contributed by atoms with E-state index in [9.17, 15) is 0 Å². The fourth-order valence-electron chi connectivity index (χ4n) is 2.21. The number of likely N-dealkylation sites (N-methyl/N-ethyl adjacent to an activating group) is 1. The summed E-state index contributed by atoms with van der Waals surface area (Å²) in [6.07, 6.45) is 1.80. The fourth-order valence-corrected chi connectivity index (χ4v) is 2.21. The molecule has 0 spiro atoms. The van der Waals surface area contributed by atoms with Gasteiger partial charge in [0.15, 0.2) is 11.6 Å². The lowest BCUT2D eigenvalue weighted by atomic mass is 10.3. The van der Waals surface area contributed by atoms with Crippen molar-refractivity contribution in [2.24, 2.45) is 0 Å². The summed E-state index contributed by atoms with van der Waals surface area (Å²) in [6, 6.07) is 3.58. The van der Waals surface area contributed by atoms with E-state index < -0.39 is 0 Å². The Labute approximate surface area is 116 Å². The van der Waals surface area contributed by atoms with E-state index in [0.717, 1.165) is 26.2 Å². The molecule has 20 heavy (non-hydrogen) atoms. The largest absolute Gasteiger partial charge is 0.459 e. The van der Waals surface area contributed by atoms with Crippen molar-refractivity contribution in [1.29, 1.82) is 0 Å². The van der Waals surface area contributed by atoms with Crippen molar-refractivity contribution in [2.45, 2.75) is 12.6 Å². The number of aromatic nitrogens is 2. The van der Waals surface area contributed by atoms with Gasteiger partial charge in [-0.25, -0.2) is 0 Å². The molecule has 0 radical (unpaired) electrons. The Morgan fingerprint density at radius 3 is 3.20 bits per heavy atom. The van der Waals surface area contributed by atoms with Gasteiger partial charge in [-0.15, -0.1) is 0 Å². The van der Waals surface area contributed by atoms with E-state index in [1.165, 1.54) is 0 Å². The van der Waals surface area contributed by atoms with Crippen LogP contribution in [0.5, 0.6) is 0 Å². The van der Waals surface area contributed by atoms with E-state index in [4.69, 9.17) is 13.7 Å². The molecule has 1 N–H and O–H groups in total. The molecular formula is C13H18N4O3. The smallest absolute Gasteiger partial charge is 0.293 e. The van der Waals surface area contributed by atoms with Crippen LogP contribution in [0, 0.1) is 0 Å². The molecule has 0 amide bonds. The van der Waals surface area contributed by atoms with Crippen LogP contribution in [0.15, 0.2) is 27.3 Å². The lowest BCUT2D eigenvalue weighted by molar-refractivity contribution is 0.00840. The Balaban J connectivity index is 1.54. The second-order valence-electron chi connectivity index (χ2n) is 4.89. The first kappa shape index (κ1) is 13.3. The highest BCUT2D eigenvalue weighted by Crippen LogP contribution is 2.17. The van der Waals surface area contributed by atoms with Gasteiger partial charge in [0.05, 0.1) is 25.5 Å². The molecule has 0 saturated carbocycles. The SMILES string of the molecule is CN(Cc1noc(-c2ccco2)n1)CC1CNCCO1. The lowest BCUT2D eigenvalue weighted by Gasteiger charge is -2.27. The van der Waals surface area contributed by atoms with Crippen LogP contribution in [0.25, 0.3) is 11.7 Å². The predicted molar refractivity (Wildman–Crippen MR) is 70.9 cm³/mol. The Morgan fingerprint density at radius 2 is 2.45 bits per heavy atom. The average molecular weight is 278 g/mol. The molecular weight excluding hydrogens is 260 g/mol. The fraction of sp³-hybridized carbons (Fsp3) is 0.538. The highest BCUT2D eigenvalue weighted by atomic mass is 16.5. The molecule has 1 fully saturated rings. The van der Waals surface area contributed by atoms with Crippen molar-refractivity contribution in [1.82, 2.24) is 20.4 Å². The van der Waals surface area contributed by atoms with Crippen LogP contribution in [0.4, 0.5) is 0 Å². The van der Waals surface area contributed by atoms with Crippen molar-refractivity contribution in [2.75, 3.05) is 33.3 Å². The summed E-state index contributed by atoms with van der Waals surface area (Å²) in [5.74, 6) is 1.64. The van der Waals surface area contributed by atoms with Gasteiger partial charge in [0.1, 0.15) is 0 Å². The minimum atomic E-state index is 0.213. The molecule has 0 bridgehead atoms. The normalized spacial score (nSPS) is 19.6. The summed E-state index contributed by atoms with van der Waals surface area (Å²) < 4.78 is 16.1. The Bertz CT molecular complexity index is 519. The van der Waals surface area contributed by atoms with E-state index >= 15 is 0 Å². The summed E-state index contributed by atoms with van der Waals surface area (Å²) in [7, 11) is 2.01. The van der Waals surface area contributed by atoms with Crippen LogP contribution >= 0.6 is 0 Å². The number of nitrogens with zero attached hydrogens (tertiary/aromatic N) is 3. The minimum Gasteiger partial charge on any atom is -0.459 e. The lowest BCUT2D eigenvalue weighted by Crippen LogP contribution is -2.44. The van der Waals surface area contributed by atoms with Crippen LogP contribution < -0.4 is 5.32 Å². The van der Waals surface area contributed by atoms with Gasteiger partial charge in [-0.1, -0.05) is 5.16 Å². The first-order chi connectivity index (χ1) is 9.81. The Morgan fingerprint density at radius 1 is 1.50 bits per heavy atom. The molecule has 3 rings (SSSR count). The standard InChI is InChI=1S/C13H18N4O3/c1-17(8-10-7-14-4-6-18-10)9-12-15-13(20-16-12)11-3-2-5-19-11/h2-3,5,10,14H,4,6-9H2,1H3. The van der Waals surface area contributed by atoms with Crippen LogP contribution in [0.3, 0.4) is 0 Å². The third kappa shape index (κ3) is 3.24. The Kier molecular flexibility index (Phi) is 4.10. The predicted octanol–water partition coefficient (Wildman–Crippen LogP) is 0.750. The maximum atomic E-state index is 5.67. The maximum Gasteiger partial charge on any atom is 0.293 e. The minimum absolute atomic E-state index is 0.213. The zero-order chi connectivity index (χ0) is 13.8. The van der Waals surface area contributed by atoms with Gasteiger partial charge < -0.3 is 19.0 Å². The maximum absolute atomic E-state index is 5.67. The molecule has 3 heterocycles. The summed E-state index contributed by atoms with van der Waals surface area (Å²) in [4.78, 5) is 6.44. The Hall–Kier alpha value is -1.70.